The molecule has 0 bridgehead atoms. The summed E-state index contributed by atoms with van der Waals surface area (Å²) in [5, 5.41) is 6.62. The first-order valence-corrected chi connectivity index (χ1v) is 6.47. The highest BCUT2D eigenvalue weighted by atomic mass is 35.5. The third-order valence-corrected chi connectivity index (χ3v) is 3.94. The zero-order valence-electron chi connectivity index (χ0n) is 11.6. The number of amides is 1. The van der Waals surface area contributed by atoms with Gasteiger partial charge in [-0.3, -0.25) is 4.79 Å². The molecule has 1 fully saturated rings. The van der Waals surface area contributed by atoms with Gasteiger partial charge in [0.05, 0.1) is 0 Å². The molecule has 1 heterocycles. The van der Waals surface area contributed by atoms with Gasteiger partial charge in [0.1, 0.15) is 0 Å². The molecule has 1 amide bonds. The molecule has 0 aliphatic carbocycles. The van der Waals surface area contributed by atoms with Gasteiger partial charge in [0.2, 0.25) is 5.91 Å². The van der Waals surface area contributed by atoms with Crippen LogP contribution in [-0.2, 0) is 4.79 Å². The number of carbonyl (C=O) groups is 1. The minimum atomic E-state index is 0. The molecule has 4 heteroatoms. The second-order valence-electron chi connectivity index (χ2n) is 5.58. The molecule has 102 valence electrons. The van der Waals surface area contributed by atoms with E-state index in [0.717, 1.165) is 13.0 Å². The van der Waals surface area contributed by atoms with E-state index in [4.69, 9.17) is 0 Å². The van der Waals surface area contributed by atoms with Crippen molar-refractivity contribution in [2.24, 2.45) is 17.8 Å². The molecule has 17 heavy (non-hydrogen) atoms. The first-order valence-electron chi connectivity index (χ1n) is 6.47. The van der Waals surface area contributed by atoms with E-state index < -0.39 is 0 Å². The highest BCUT2D eigenvalue weighted by molar-refractivity contribution is 5.85. The van der Waals surface area contributed by atoms with Crippen LogP contribution in [0.3, 0.4) is 0 Å². The summed E-state index contributed by atoms with van der Waals surface area (Å²) in [4.78, 5) is 12.0. The van der Waals surface area contributed by atoms with Gasteiger partial charge < -0.3 is 10.6 Å². The van der Waals surface area contributed by atoms with Gasteiger partial charge in [0.25, 0.3) is 0 Å². The summed E-state index contributed by atoms with van der Waals surface area (Å²) in [6.07, 6.45) is 1.14. The van der Waals surface area contributed by atoms with E-state index in [-0.39, 0.29) is 30.3 Å². The van der Waals surface area contributed by atoms with E-state index in [1.54, 1.807) is 0 Å². The fourth-order valence-electron chi connectivity index (χ4n) is 2.20. The molecular weight excluding hydrogens is 236 g/mol. The lowest BCUT2D eigenvalue weighted by Gasteiger charge is -2.36. The molecule has 1 aliphatic heterocycles. The third-order valence-electron chi connectivity index (χ3n) is 3.94. The smallest absolute Gasteiger partial charge is 0.223 e. The summed E-state index contributed by atoms with van der Waals surface area (Å²) in [5.74, 6) is 1.27. The average molecular weight is 263 g/mol. The maximum absolute atomic E-state index is 12.0. The zero-order valence-corrected chi connectivity index (χ0v) is 12.4. The highest BCUT2D eigenvalue weighted by Crippen LogP contribution is 2.18. The highest BCUT2D eigenvalue weighted by Gasteiger charge is 2.30. The molecule has 4 unspecified atom stereocenters. The van der Waals surface area contributed by atoms with Crippen molar-refractivity contribution in [1.82, 2.24) is 10.6 Å². The Balaban J connectivity index is 0.00000256. The standard InChI is InChI=1S/C13H26N2O.ClH/c1-8(2)10(4)13(16)15-12-9(3)6-7-14-11(12)5;/h8-12,14H,6-7H2,1-5H3,(H,15,16);1H. The number of nitrogens with one attached hydrogen (secondary N) is 2. The van der Waals surface area contributed by atoms with Crippen molar-refractivity contribution in [3.63, 3.8) is 0 Å². The molecule has 0 saturated carbocycles. The van der Waals surface area contributed by atoms with E-state index in [1.165, 1.54) is 0 Å². The molecule has 1 rings (SSSR count). The monoisotopic (exact) mass is 262 g/mol. The van der Waals surface area contributed by atoms with Gasteiger partial charge in [0.15, 0.2) is 0 Å². The maximum atomic E-state index is 12.0. The normalized spacial score (nSPS) is 30.6. The molecule has 1 saturated heterocycles. The lowest BCUT2D eigenvalue weighted by Crippen LogP contribution is -2.56. The lowest BCUT2D eigenvalue weighted by molar-refractivity contribution is -0.127. The number of hydrogen-bond acceptors (Lipinski definition) is 2. The molecular formula is C13H27ClN2O. The minimum Gasteiger partial charge on any atom is -0.351 e. The van der Waals surface area contributed by atoms with Crippen molar-refractivity contribution in [1.29, 1.82) is 0 Å². The number of carbonyl (C=O) groups excluding carboxylic acids is 1. The Bertz CT molecular complexity index is 236. The van der Waals surface area contributed by atoms with E-state index in [2.05, 4.69) is 38.3 Å². The Kier molecular flexibility index (Phi) is 7.10. The summed E-state index contributed by atoms with van der Waals surface area (Å²) >= 11 is 0. The fraction of sp³-hybridized carbons (Fsp3) is 0.923. The molecule has 0 aromatic rings. The van der Waals surface area contributed by atoms with Gasteiger partial charge in [-0.2, -0.15) is 0 Å². The molecule has 4 atom stereocenters. The Morgan fingerprint density at radius 2 is 1.88 bits per heavy atom. The molecule has 3 nitrogen and oxygen atoms in total. The first-order chi connectivity index (χ1) is 7.43. The van der Waals surface area contributed by atoms with Crippen LogP contribution in [0.25, 0.3) is 0 Å². The lowest BCUT2D eigenvalue weighted by atomic mass is 9.88. The Morgan fingerprint density at radius 3 is 2.35 bits per heavy atom. The van der Waals surface area contributed by atoms with E-state index in [9.17, 15) is 4.79 Å². The van der Waals surface area contributed by atoms with E-state index in [1.807, 2.05) is 6.92 Å². The largest absolute Gasteiger partial charge is 0.351 e. The van der Waals surface area contributed by atoms with Crippen LogP contribution in [-0.4, -0.2) is 24.5 Å². The molecule has 0 spiro atoms. The second kappa shape index (κ2) is 7.22. The number of hydrogen-bond donors (Lipinski definition) is 2. The summed E-state index contributed by atoms with van der Waals surface area (Å²) in [6, 6.07) is 0.662. The molecule has 0 aromatic carbocycles. The summed E-state index contributed by atoms with van der Waals surface area (Å²) in [5.41, 5.74) is 0. The Labute approximate surface area is 112 Å². The molecule has 0 radical (unpaired) electrons. The van der Waals surface area contributed by atoms with Crippen molar-refractivity contribution in [2.75, 3.05) is 6.54 Å². The van der Waals surface area contributed by atoms with Crippen LogP contribution in [0.15, 0.2) is 0 Å². The van der Waals surface area contributed by atoms with Crippen molar-refractivity contribution in [2.45, 2.75) is 53.1 Å². The predicted octanol–water partition coefficient (Wildman–Crippen LogP) is 2.20. The summed E-state index contributed by atoms with van der Waals surface area (Å²) < 4.78 is 0. The topological polar surface area (TPSA) is 41.1 Å². The van der Waals surface area contributed by atoms with Gasteiger partial charge in [-0.25, -0.2) is 0 Å². The van der Waals surface area contributed by atoms with Crippen LogP contribution in [0.5, 0.6) is 0 Å². The first kappa shape index (κ1) is 16.7. The van der Waals surface area contributed by atoms with Gasteiger partial charge in [-0.05, 0) is 31.7 Å². The van der Waals surface area contributed by atoms with Crippen molar-refractivity contribution in [3.05, 3.63) is 0 Å². The number of piperidine rings is 1. The molecule has 2 N–H and O–H groups in total. The predicted molar refractivity (Wildman–Crippen MR) is 74.4 cm³/mol. The van der Waals surface area contributed by atoms with Crippen molar-refractivity contribution < 1.29 is 4.79 Å². The van der Waals surface area contributed by atoms with Crippen LogP contribution < -0.4 is 10.6 Å². The summed E-state index contributed by atoms with van der Waals surface area (Å²) in [7, 11) is 0. The van der Waals surface area contributed by atoms with Gasteiger partial charge in [0, 0.05) is 18.0 Å². The number of rotatable bonds is 3. The van der Waals surface area contributed by atoms with E-state index >= 15 is 0 Å². The number of halogens is 1. The van der Waals surface area contributed by atoms with Crippen molar-refractivity contribution >= 4 is 18.3 Å². The maximum Gasteiger partial charge on any atom is 0.223 e. The van der Waals surface area contributed by atoms with Crippen LogP contribution in [0.2, 0.25) is 0 Å². The van der Waals surface area contributed by atoms with Crippen LogP contribution >= 0.6 is 12.4 Å². The Morgan fingerprint density at radius 1 is 1.29 bits per heavy atom. The SMILES string of the molecule is CC(C)C(C)C(=O)NC1C(C)CCNC1C.Cl. The minimum absolute atomic E-state index is 0. The van der Waals surface area contributed by atoms with E-state index in [0.29, 0.717) is 17.9 Å². The molecule has 1 aliphatic rings. The van der Waals surface area contributed by atoms with Crippen LogP contribution in [0.4, 0.5) is 0 Å². The van der Waals surface area contributed by atoms with Gasteiger partial charge in [-0.1, -0.05) is 27.7 Å². The van der Waals surface area contributed by atoms with Crippen LogP contribution in [0, 0.1) is 17.8 Å². The van der Waals surface area contributed by atoms with Gasteiger partial charge >= 0.3 is 0 Å². The van der Waals surface area contributed by atoms with Crippen LogP contribution in [0.1, 0.15) is 41.0 Å². The Hall–Kier alpha value is -0.280. The zero-order chi connectivity index (χ0) is 12.3. The average Bonchev–Trinajstić information content (AvgIpc) is 2.22. The molecule has 0 aromatic heterocycles. The fourth-order valence-corrected chi connectivity index (χ4v) is 2.20. The summed E-state index contributed by atoms with van der Waals surface area (Å²) in [6.45, 7) is 11.6. The van der Waals surface area contributed by atoms with Gasteiger partial charge in [-0.15, -0.1) is 12.4 Å². The second-order valence-corrected chi connectivity index (χ2v) is 5.58. The third kappa shape index (κ3) is 4.47. The quantitative estimate of drug-likeness (QED) is 0.819. The van der Waals surface area contributed by atoms with Crippen molar-refractivity contribution in [3.8, 4) is 0 Å².